The number of rotatable bonds is 5. The number of carbonyl (C=O) groups excluding carboxylic acids is 1. The van der Waals surface area contributed by atoms with Crippen LogP contribution in [0.2, 0.25) is 0 Å². The molecule has 2 aromatic rings. The Morgan fingerprint density at radius 2 is 2.17 bits per heavy atom. The molecule has 1 aliphatic heterocycles. The molecule has 5 nitrogen and oxygen atoms in total. The first-order valence-electron chi connectivity index (χ1n) is 8.44. The lowest BCUT2D eigenvalue weighted by Gasteiger charge is -2.38. The molecule has 1 amide bonds. The van der Waals surface area contributed by atoms with E-state index in [1.165, 1.54) is 5.56 Å². The van der Waals surface area contributed by atoms with E-state index in [1.54, 1.807) is 6.26 Å². The molecular formula is C19H25N3O2. The van der Waals surface area contributed by atoms with Crippen LogP contribution >= 0.6 is 0 Å². The number of piperazine rings is 1. The Labute approximate surface area is 143 Å². The molecule has 0 radical (unpaired) electrons. The van der Waals surface area contributed by atoms with Crippen molar-refractivity contribution in [2.24, 2.45) is 0 Å². The Kier molecular flexibility index (Phi) is 5.33. The summed E-state index contributed by atoms with van der Waals surface area (Å²) >= 11 is 0. The number of hydrogen-bond donors (Lipinski definition) is 1. The van der Waals surface area contributed by atoms with Crippen molar-refractivity contribution in [1.82, 2.24) is 15.1 Å². The summed E-state index contributed by atoms with van der Waals surface area (Å²) < 4.78 is 5.24. The smallest absolute Gasteiger partial charge is 0.251 e. The van der Waals surface area contributed by atoms with Crippen LogP contribution in [-0.4, -0.2) is 48.4 Å². The van der Waals surface area contributed by atoms with E-state index < -0.39 is 0 Å². The van der Waals surface area contributed by atoms with Crippen molar-refractivity contribution in [3.63, 3.8) is 0 Å². The number of likely N-dealkylation sites (N-methyl/N-ethyl adjacent to an activating group) is 1. The Morgan fingerprint density at radius 1 is 1.29 bits per heavy atom. The molecule has 2 heterocycles. The van der Waals surface area contributed by atoms with E-state index in [0.29, 0.717) is 18.2 Å². The van der Waals surface area contributed by atoms with Crippen molar-refractivity contribution in [1.29, 1.82) is 0 Å². The molecular weight excluding hydrogens is 302 g/mol. The molecule has 1 fully saturated rings. The van der Waals surface area contributed by atoms with E-state index >= 15 is 0 Å². The van der Waals surface area contributed by atoms with Crippen LogP contribution in [-0.2, 0) is 13.1 Å². The van der Waals surface area contributed by atoms with Gasteiger partial charge in [0.15, 0.2) is 0 Å². The summed E-state index contributed by atoms with van der Waals surface area (Å²) in [7, 11) is 2.16. The van der Waals surface area contributed by atoms with Crippen molar-refractivity contribution in [3.8, 4) is 0 Å². The second-order valence-corrected chi connectivity index (χ2v) is 6.54. The normalized spacial score (nSPS) is 19.3. The summed E-state index contributed by atoms with van der Waals surface area (Å²) in [5.41, 5.74) is 1.87. The number of carbonyl (C=O) groups is 1. The quantitative estimate of drug-likeness (QED) is 0.916. The summed E-state index contributed by atoms with van der Waals surface area (Å²) in [5.74, 6) is 0.686. The molecule has 0 bridgehead atoms. The zero-order valence-corrected chi connectivity index (χ0v) is 14.4. The molecule has 0 spiro atoms. The number of nitrogens with one attached hydrogen (secondary N) is 1. The largest absolute Gasteiger partial charge is 0.467 e. The molecule has 1 unspecified atom stereocenters. The lowest BCUT2D eigenvalue weighted by atomic mass is 10.1. The van der Waals surface area contributed by atoms with Gasteiger partial charge in [0.05, 0.1) is 12.8 Å². The van der Waals surface area contributed by atoms with Crippen molar-refractivity contribution < 1.29 is 9.21 Å². The second-order valence-electron chi connectivity index (χ2n) is 6.54. The minimum Gasteiger partial charge on any atom is -0.467 e. The highest BCUT2D eigenvalue weighted by Crippen LogP contribution is 2.14. The van der Waals surface area contributed by atoms with E-state index in [4.69, 9.17) is 4.42 Å². The third kappa shape index (κ3) is 4.24. The molecule has 0 saturated carbocycles. The molecule has 1 atom stereocenters. The van der Waals surface area contributed by atoms with Crippen LogP contribution in [0.5, 0.6) is 0 Å². The van der Waals surface area contributed by atoms with Gasteiger partial charge >= 0.3 is 0 Å². The topological polar surface area (TPSA) is 48.7 Å². The number of amides is 1. The Bertz CT molecular complexity index is 669. The molecule has 0 aliphatic carbocycles. The fraction of sp³-hybridized carbons (Fsp3) is 0.421. The second kappa shape index (κ2) is 7.64. The van der Waals surface area contributed by atoms with Crippen molar-refractivity contribution in [2.45, 2.75) is 26.1 Å². The standard InChI is InChI=1S/C19H25N3O2/c1-15-13-21(2)8-9-22(15)14-16-5-3-6-17(11-16)19(23)20-12-18-7-4-10-24-18/h3-7,10-11,15H,8-9,12-14H2,1-2H3,(H,20,23). The van der Waals surface area contributed by atoms with E-state index in [9.17, 15) is 4.79 Å². The number of furan rings is 1. The minimum atomic E-state index is -0.0697. The highest BCUT2D eigenvalue weighted by atomic mass is 16.3. The molecule has 1 aromatic heterocycles. The summed E-state index contributed by atoms with van der Waals surface area (Å²) in [5, 5.41) is 2.89. The molecule has 3 rings (SSSR count). The lowest BCUT2D eigenvalue weighted by molar-refractivity contribution is 0.0932. The van der Waals surface area contributed by atoms with E-state index in [-0.39, 0.29) is 5.91 Å². The number of nitrogens with zero attached hydrogens (tertiary/aromatic N) is 2. The van der Waals surface area contributed by atoms with Gasteiger partial charge in [0.2, 0.25) is 0 Å². The van der Waals surface area contributed by atoms with E-state index in [0.717, 1.165) is 31.9 Å². The van der Waals surface area contributed by atoms with Crippen molar-refractivity contribution in [3.05, 3.63) is 59.5 Å². The van der Waals surface area contributed by atoms with E-state index in [2.05, 4.69) is 35.2 Å². The molecule has 1 saturated heterocycles. The van der Waals surface area contributed by atoms with Gasteiger partial charge in [-0.2, -0.15) is 0 Å². The minimum absolute atomic E-state index is 0.0697. The Hall–Kier alpha value is -2.11. The average Bonchev–Trinajstić information content (AvgIpc) is 3.09. The van der Waals surface area contributed by atoms with Gasteiger partial charge in [-0.25, -0.2) is 0 Å². The predicted molar refractivity (Wildman–Crippen MR) is 93.7 cm³/mol. The summed E-state index contributed by atoms with van der Waals surface area (Å²) in [4.78, 5) is 17.2. The molecule has 1 aliphatic rings. The predicted octanol–water partition coefficient (Wildman–Crippen LogP) is 2.35. The molecule has 5 heteroatoms. The zero-order valence-electron chi connectivity index (χ0n) is 14.4. The molecule has 128 valence electrons. The highest BCUT2D eigenvalue weighted by Gasteiger charge is 2.21. The van der Waals surface area contributed by atoms with Gasteiger partial charge in [-0.3, -0.25) is 9.69 Å². The maximum atomic E-state index is 12.3. The SMILES string of the molecule is CC1CN(C)CCN1Cc1cccc(C(=O)NCc2ccco2)c1. The van der Waals surface area contributed by atoms with Gasteiger partial charge in [-0.15, -0.1) is 0 Å². The van der Waals surface area contributed by atoms with Crippen molar-refractivity contribution in [2.75, 3.05) is 26.7 Å². The molecule has 1 N–H and O–H groups in total. The Morgan fingerprint density at radius 3 is 2.92 bits per heavy atom. The van der Waals surface area contributed by atoms with Crippen LogP contribution in [0.25, 0.3) is 0 Å². The van der Waals surface area contributed by atoms with Gasteiger partial charge in [0, 0.05) is 37.8 Å². The third-order valence-corrected chi connectivity index (χ3v) is 4.55. The van der Waals surface area contributed by atoms with Crippen LogP contribution in [0.4, 0.5) is 0 Å². The summed E-state index contributed by atoms with van der Waals surface area (Å²) in [6, 6.07) is 12.1. The fourth-order valence-corrected chi connectivity index (χ4v) is 3.14. The maximum Gasteiger partial charge on any atom is 0.251 e. The van der Waals surface area contributed by atoms with Gasteiger partial charge in [0.25, 0.3) is 5.91 Å². The van der Waals surface area contributed by atoms with Gasteiger partial charge in [-0.05, 0) is 43.8 Å². The first-order valence-corrected chi connectivity index (χ1v) is 8.44. The zero-order chi connectivity index (χ0) is 16.9. The number of hydrogen-bond acceptors (Lipinski definition) is 4. The summed E-state index contributed by atoms with van der Waals surface area (Å²) in [6.07, 6.45) is 1.61. The first kappa shape index (κ1) is 16.7. The van der Waals surface area contributed by atoms with E-state index in [1.807, 2.05) is 30.3 Å². The van der Waals surface area contributed by atoms with Crippen LogP contribution in [0.1, 0.15) is 28.6 Å². The van der Waals surface area contributed by atoms with Crippen LogP contribution in [0.15, 0.2) is 47.1 Å². The number of benzene rings is 1. The maximum absolute atomic E-state index is 12.3. The monoisotopic (exact) mass is 327 g/mol. The average molecular weight is 327 g/mol. The highest BCUT2D eigenvalue weighted by molar-refractivity contribution is 5.94. The van der Waals surface area contributed by atoms with Crippen molar-refractivity contribution >= 4 is 5.91 Å². The van der Waals surface area contributed by atoms with Gasteiger partial charge < -0.3 is 14.6 Å². The summed E-state index contributed by atoms with van der Waals surface area (Å²) in [6.45, 7) is 6.79. The van der Waals surface area contributed by atoms with Crippen LogP contribution in [0.3, 0.4) is 0 Å². The Balaban J connectivity index is 1.60. The van der Waals surface area contributed by atoms with Crippen LogP contribution in [0, 0.1) is 0 Å². The lowest BCUT2D eigenvalue weighted by Crippen LogP contribution is -2.49. The van der Waals surface area contributed by atoms with Crippen LogP contribution < -0.4 is 5.32 Å². The van der Waals surface area contributed by atoms with Gasteiger partial charge in [-0.1, -0.05) is 12.1 Å². The fourth-order valence-electron chi connectivity index (χ4n) is 3.14. The van der Waals surface area contributed by atoms with Gasteiger partial charge in [0.1, 0.15) is 5.76 Å². The first-order chi connectivity index (χ1) is 11.6. The molecule has 1 aromatic carbocycles. The molecule has 24 heavy (non-hydrogen) atoms. The third-order valence-electron chi connectivity index (χ3n) is 4.55.